The van der Waals surface area contributed by atoms with Crippen molar-refractivity contribution < 1.29 is 9.53 Å². The van der Waals surface area contributed by atoms with E-state index in [0.29, 0.717) is 5.92 Å². The SMILES string of the molecule is CC(C)c1ccc(C(=O)N2CCCN(C)CC2)cc1-c1ccc(CN2CCOCC2)cc1. The molecule has 0 aromatic heterocycles. The topological polar surface area (TPSA) is 36.0 Å². The summed E-state index contributed by atoms with van der Waals surface area (Å²) in [6.07, 6.45) is 1.03. The summed E-state index contributed by atoms with van der Waals surface area (Å²) in [5.74, 6) is 0.551. The lowest BCUT2D eigenvalue weighted by Gasteiger charge is -2.26. The maximum Gasteiger partial charge on any atom is 0.253 e. The molecule has 4 rings (SSSR count). The number of carbonyl (C=O) groups excluding carboxylic acids is 1. The van der Waals surface area contributed by atoms with E-state index in [1.165, 1.54) is 22.3 Å². The van der Waals surface area contributed by atoms with Gasteiger partial charge in [0.05, 0.1) is 13.2 Å². The lowest BCUT2D eigenvalue weighted by Crippen LogP contribution is -2.35. The summed E-state index contributed by atoms with van der Waals surface area (Å²) in [6, 6.07) is 15.2. The number of rotatable bonds is 5. The lowest BCUT2D eigenvalue weighted by molar-refractivity contribution is 0.0342. The first-order chi connectivity index (χ1) is 15.5. The maximum absolute atomic E-state index is 13.3. The summed E-state index contributed by atoms with van der Waals surface area (Å²) in [6.45, 7) is 12.7. The number of benzene rings is 2. The van der Waals surface area contributed by atoms with E-state index in [9.17, 15) is 4.79 Å². The van der Waals surface area contributed by atoms with Gasteiger partial charge in [-0.25, -0.2) is 0 Å². The van der Waals surface area contributed by atoms with Gasteiger partial charge >= 0.3 is 0 Å². The van der Waals surface area contributed by atoms with Crippen LogP contribution in [0.2, 0.25) is 0 Å². The van der Waals surface area contributed by atoms with Crippen molar-refractivity contribution in [2.45, 2.75) is 32.7 Å². The van der Waals surface area contributed by atoms with Crippen molar-refractivity contribution in [3.05, 3.63) is 59.2 Å². The van der Waals surface area contributed by atoms with Gasteiger partial charge in [-0.1, -0.05) is 44.2 Å². The van der Waals surface area contributed by atoms with Gasteiger partial charge in [-0.15, -0.1) is 0 Å². The second kappa shape index (κ2) is 10.6. The molecule has 2 saturated heterocycles. The van der Waals surface area contributed by atoms with Crippen molar-refractivity contribution in [2.24, 2.45) is 0 Å². The van der Waals surface area contributed by atoms with Gasteiger partial charge in [0.15, 0.2) is 0 Å². The van der Waals surface area contributed by atoms with Crippen LogP contribution in [0.3, 0.4) is 0 Å². The Morgan fingerprint density at radius 1 is 0.938 bits per heavy atom. The van der Waals surface area contributed by atoms with Gasteiger partial charge in [-0.05, 0) is 60.3 Å². The van der Waals surface area contributed by atoms with Gasteiger partial charge in [-0.3, -0.25) is 9.69 Å². The number of likely N-dealkylation sites (N-methyl/N-ethyl adjacent to an activating group) is 1. The monoisotopic (exact) mass is 435 g/mol. The van der Waals surface area contributed by atoms with Crippen LogP contribution >= 0.6 is 0 Å². The van der Waals surface area contributed by atoms with E-state index in [1.54, 1.807) is 0 Å². The molecule has 32 heavy (non-hydrogen) atoms. The standard InChI is InChI=1S/C27H37N3O2/c1-21(2)25-10-9-24(27(31)30-12-4-11-28(3)13-14-30)19-26(25)23-7-5-22(6-8-23)20-29-15-17-32-18-16-29/h5-10,19,21H,4,11-18,20H2,1-3H3. The van der Waals surface area contributed by atoms with E-state index in [1.807, 2.05) is 11.0 Å². The van der Waals surface area contributed by atoms with Crippen LogP contribution in [0.5, 0.6) is 0 Å². The van der Waals surface area contributed by atoms with E-state index in [4.69, 9.17) is 4.74 Å². The van der Waals surface area contributed by atoms with Gasteiger partial charge in [0.25, 0.3) is 5.91 Å². The van der Waals surface area contributed by atoms with Crippen molar-refractivity contribution >= 4 is 5.91 Å². The molecule has 2 fully saturated rings. The van der Waals surface area contributed by atoms with Crippen LogP contribution < -0.4 is 0 Å². The van der Waals surface area contributed by atoms with Crippen molar-refractivity contribution in [1.29, 1.82) is 0 Å². The van der Waals surface area contributed by atoms with Crippen molar-refractivity contribution in [2.75, 3.05) is 59.5 Å². The maximum atomic E-state index is 13.3. The molecular formula is C27H37N3O2. The van der Waals surface area contributed by atoms with Crippen LogP contribution in [0.15, 0.2) is 42.5 Å². The number of hydrogen-bond donors (Lipinski definition) is 0. The van der Waals surface area contributed by atoms with Crippen LogP contribution in [-0.4, -0.2) is 80.1 Å². The van der Waals surface area contributed by atoms with Crippen LogP contribution in [0, 0.1) is 0 Å². The Labute approximate surface area is 193 Å². The average molecular weight is 436 g/mol. The Morgan fingerprint density at radius 3 is 2.41 bits per heavy atom. The summed E-state index contributed by atoms with van der Waals surface area (Å²) in [5, 5.41) is 0. The quantitative estimate of drug-likeness (QED) is 0.709. The molecule has 0 saturated carbocycles. The molecule has 1 amide bonds. The number of hydrogen-bond acceptors (Lipinski definition) is 4. The van der Waals surface area contributed by atoms with E-state index in [-0.39, 0.29) is 5.91 Å². The van der Waals surface area contributed by atoms with Crippen molar-refractivity contribution in [1.82, 2.24) is 14.7 Å². The minimum atomic E-state index is 0.154. The zero-order chi connectivity index (χ0) is 22.5. The molecule has 0 unspecified atom stereocenters. The zero-order valence-electron chi connectivity index (χ0n) is 19.8. The Bertz CT molecular complexity index is 904. The third kappa shape index (κ3) is 5.58. The first-order valence-corrected chi connectivity index (χ1v) is 12.0. The number of morpholine rings is 1. The molecule has 0 atom stereocenters. The van der Waals surface area contributed by atoms with Crippen LogP contribution in [0.1, 0.15) is 47.7 Å². The molecule has 2 aromatic rings. The Kier molecular flexibility index (Phi) is 7.61. The summed E-state index contributed by atoms with van der Waals surface area (Å²) in [7, 11) is 2.13. The number of carbonyl (C=O) groups is 1. The highest BCUT2D eigenvalue weighted by atomic mass is 16.5. The fraction of sp³-hybridized carbons (Fsp3) is 0.519. The molecule has 2 heterocycles. The summed E-state index contributed by atoms with van der Waals surface area (Å²) < 4.78 is 5.46. The molecule has 2 aliphatic heterocycles. The minimum Gasteiger partial charge on any atom is -0.379 e. The third-order valence-electron chi connectivity index (χ3n) is 6.70. The highest BCUT2D eigenvalue weighted by Gasteiger charge is 2.21. The number of nitrogens with zero attached hydrogens (tertiary/aromatic N) is 3. The van der Waals surface area contributed by atoms with Gasteiger partial charge < -0.3 is 14.5 Å². The smallest absolute Gasteiger partial charge is 0.253 e. The number of ether oxygens (including phenoxy) is 1. The second-order valence-corrected chi connectivity index (χ2v) is 9.49. The Balaban J connectivity index is 1.56. The molecule has 2 aromatic carbocycles. The van der Waals surface area contributed by atoms with Crippen LogP contribution in [0.4, 0.5) is 0 Å². The predicted molar refractivity (Wildman–Crippen MR) is 130 cm³/mol. The second-order valence-electron chi connectivity index (χ2n) is 9.49. The minimum absolute atomic E-state index is 0.154. The molecule has 5 nitrogen and oxygen atoms in total. The molecule has 5 heteroatoms. The van der Waals surface area contributed by atoms with Crippen molar-refractivity contribution in [3.8, 4) is 11.1 Å². The van der Waals surface area contributed by atoms with Gasteiger partial charge in [-0.2, -0.15) is 0 Å². The molecule has 0 bridgehead atoms. The van der Waals surface area contributed by atoms with Crippen molar-refractivity contribution in [3.63, 3.8) is 0 Å². The molecular weight excluding hydrogens is 398 g/mol. The summed E-state index contributed by atoms with van der Waals surface area (Å²) >= 11 is 0. The van der Waals surface area contributed by atoms with E-state index in [0.717, 1.165) is 71.0 Å². The first kappa shape index (κ1) is 23.0. The van der Waals surface area contributed by atoms with Gasteiger partial charge in [0.1, 0.15) is 0 Å². The summed E-state index contributed by atoms with van der Waals surface area (Å²) in [4.78, 5) is 20.1. The van der Waals surface area contributed by atoms with E-state index < -0.39 is 0 Å². The zero-order valence-corrected chi connectivity index (χ0v) is 19.8. The molecule has 0 aliphatic carbocycles. The normalized spacial score (nSPS) is 18.7. The fourth-order valence-electron chi connectivity index (χ4n) is 4.68. The van der Waals surface area contributed by atoms with E-state index >= 15 is 0 Å². The molecule has 0 spiro atoms. The average Bonchev–Trinajstić information content (AvgIpc) is 3.04. The highest BCUT2D eigenvalue weighted by molar-refractivity contribution is 5.96. The fourth-order valence-corrected chi connectivity index (χ4v) is 4.68. The Morgan fingerprint density at radius 2 is 1.69 bits per heavy atom. The van der Waals surface area contributed by atoms with Gasteiger partial charge in [0.2, 0.25) is 0 Å². The molecule has 0 radical (unpaired) electrons. The van der Waals surface area contributed by atoms with Gasteiger partial charge in [0, 0.05) is 44.8 Å². The van der Waals surface area contributed by atoms with Crippen LogP contribution in [-0.2, 0) is 11.3 Å². The molecule has 0 N–H and O–H groups in total. The lowest BCUT2D eigenvalue weighted by atomic mass is 9.90. The number of amides is 1. The molecule has 172 valence electrons. The summed E-state index contributed by atoms with van der Waals surface area (Å²) in [5.41, 5.74) is 5.77. The third-order valence-corrected chi connectivity index (χ3v) is 6.70. The highest BCUT2D eigenvalue weighted by Crippen LogP contribution is 2.31. The largest absolute Gasteiger partial charge is 0.379 e. The predicted octanol–water partition coefficient (Wildman–Crippen LogP) is 4.09. The molecule has 2 aliphatic rings. The van der Waals surface area contributed by atoms with Crippen LogP contribution in [0.25, 0.3) is 11.1 Å². The first-order valence-electron chi connectivity index (χ1n) is 12.0. The Hall–Kier alpha value is -2.21. The van der Waals surface area contributed by atoms with E-state index in [2.05, 4.69) is 67.1 Å².